The predicted octanol–water partition coefficient (Wildman–Crippen LogP) is 2.54. The molecule has 0 aromatic carbocycles. The Morgan fingerprint density at radius 1 is 1.56 bits per heavy atom. The Bertz CT molecular complexity index is 67.0. The van der Waals surface area contributed by atoms with Crippen molar-refractivity contribution in [2.75, 3.05) is 6.61 Å². The molecule has 53 valence electrons. The first-order valence-electron chi connectivity index (χ1n) is 3.31. The Kier molecular flexibility index (Phi) is 5.64. The molecule has 0 aromatic heterocycles. The predicted molar refractivity (Wildman–Crippen MR) is 40.0 cm³/mol. The molecule has 0 aliphatic rings. The highest BCUT2D eigenvalue weighted by Crippen LogP contribution is 1.99. The first-order valence-corrected chi connectivity index (χ1v) is 3.31. The summed E-state index contributed by atoms with van der Waals surface area (Å²) in [5, 5.41) is 0. The van der Waals surface area contributed by atoms with Crippen molar-refractivity contribution < 1.29 is 4.74 Å². The van der Waals surface area contributed by atoms with Gasteiger partial charge in [0.15, 0.2) is 0 Å². The van der Waals surface area contributed by atoms with Crippen LogP contribution in [-0.4, -0.2) is 6.61 Å². The van der Waals surface area contributed by atoms with E-state index in [0.717, 1.165) is 25.6 Å². The van der Waals surface area contributed by atoms with Gasteiger partial charge in [-0.05, 0) is 26.7 Å². The van der Waals surface area contributed by atoms with Crippen molar-refractivity contribution in [1.82, 2.24) is 0 Å². The van der Waals surface area contributed by atoms with E-state index in [1.807, 2.05) is 19.9 Å². The largest absolute Gasteiger partial charge is 0.373 e. The third-order valence-corrected chi connectivity index (χ3v) is 0.943. The third kappa shape index (κ3) is 7.70. The smallest absolute Gasteiger partial charge is 0.0909 e. The second-order valence-corrected chi connectivity index (χ2v) is 2.19. The molecule has 0 unspecified atom stereocenters. The van der Waals surface area contributed by atoms with Crippen LogP contribution in [0.5, 0.6) is 0 Å². The molecule has 0 rings (SSSR count). The average Bonchev–Trinajstić information content (AvgIpc) is 1.80. The van der Waals surface area contributed by atoms with Gasteiger partial charge in [-0.3, -0.25) is 0 Å². The van der Waals surface area contributed by atoms with Gasteiger partial charge in [-0.1, -0.05) is 6.08 Å². The molecule has 9 heavy (non-hydrogen) atoms. The number of allylic oxidation sites excluding steroid dienone is 1. The minimum Gasteiger partial charge on any atom is -0.373 e. The molecule has 1 heteroatoms. The number of unbranched alkanes of at least 4 members (excludes halogenated alkanes) is 1. The van der Waals surface area contributed by atoms with E-state index in [1.54, 1.807) is 0 Å². The van der Waals surface area contributed by atoms with Crippen LogP contribution in [0.4, 0.5) is 0 Å². The summed E-state index contributed by atoms with van der Waals surface area (Å²) in [6.07, 6.45) is 5.08. The van der Waals surface area contributed by atoms with Crippen molar-refractivity contribution in [3.8, 4) is 0 Å². The van der Waals surface area contributed by atoms with Crippen LogP contribution in [0, 0.1) is 6.10 Å². The molecule has 0 N–H and O–H groups in total. The van der Waals surface area contributed by atoms with Crippen LogP contribution in [0.1, 0.15) is 26.7 Å². The van der Waals surface area contributed by atoms with E-state index in [4.69, 9.17) is 4.74 Å². The molecule has 0 spiro atoms. The van der Waals surface area contributed by atoms with Crippen LogP contribution in [0.2, 0.25) is 0 Å². The van der Waals surface area contributed by atoms with Gasteiger partial charge in [-0.25, -0.2) is 0 Å². The molecule has 0 aromatic rings. The lowest BCUT2D eigenvalue weighted by atomic mass is 10.3. The van der Waals surface area contributed by atoms with E-state index < -0.39 is 0 Å². The molecule has 0 heterocycles. The zero-order valence-electron chi connectivity index (χ0n) is 6.31. The summed E-state index contributed by atoms with van der Waals surface area (Å²) in [6.45, 7) is 8.38. The number of ether oxygens (including phenoxy) is 1. The molecule has 0 atom stereocenters. The summed E-state index contributed by atoms with van der Waals surface area (Å²) in [6, 6.07) is 0. The molecule has 0 amide bonds. The van der Waals surface area contributed by atoms with E-state index in [1.165, 1.54) is 0 Å². The van der Waals surface area contributed by atoms with Crippen molar-refractivity contribution in [3.05, 3.63) is 18.8 Å². The Balaban J connectivity index is 2.82. The Morgan fingerprint density at radius 2 is 2.22 bits per heavy atom. The van der Waals surface area contributed by atoms with Crippen LogP contribution >= 0.6 is 0 Å². The maximum atomic E-state index is 5.21. The maximum absolute atomic E-state index is 5.21. The van der Waals surface area contributed by atoms with E-state index in [9.17, 15) is 0 Å². The normalized spacial score (nSPS) is 10.1. The van der Waals surface area contributed by atoms with Gasteiger partial charge in [0.2, 0.25) is 0 Å². The lowest BCUT2D eigenvalue weighted by molar-refractivity contribution is 0.154. The highest BCUT2D eigenvalue weighted by atomic mass is 16.5. The monoisotopic (exact) mass is 127 g/mol. The van der Waals surface area contributed by atoms with Gasteiger partial charge >= 0.3 is 0 Å². The van der Waals surface area contributed by atoms with Gasteiger partial charge in [0.25, 0.3) is 0 Å². The number of hydrogen-bond acceptors (Lipinski definition) is 1. The second-order valence-electron chi connectivity index (χ2n) is 2.19. The second kappa shape index (κ2) is 5.83. The molecule has 0 aliphatic carbocycles. The summed E-state index contributed by atoms with van der Waals surface area (Å²) in [5.41, 5.74) is 0. The summed E-state index contributed by atoms with van der Waals surface area (Å²) in [7, 11) is 0. The zero-order valence-corrected chi connectivity index (χ0v) is 6.31. The van der Waals surface area contributed by atoms with Crippen LogP contribution in [0.3, 0.4) is 0 Å². The van der Waals surface area contributed by atoms with Crippen LogP contribution in [0.25, 0.3) is 0 Å². The quantitative estimate of drug-likeness (QED) is 0.407. The van der Waals surface area contributed by atoms with Gasteiger partial charge in [-0.2, -0.15) is 0 Å². The Hall–Kier alpha value is -0.300. The number of hydrogen-bond donors (Lipinski definition) is 0. The van der Waals surface area contributed by atoms with Gasteiger partial charge < -0.3 is 4.74 Å². The lowest BCUT2D eigenvalue weighted by Crippen LogP contribution is -1.95. The average molecular weight is 127 g/mol. The maximum Gasteiger partial charge on any atom is 0.0909 e. The minimum absolute atomic E-state index is 0.828. The SMILES string of the molecule is C=CCCCO[C](C)C. The zero-order chi connectivity index (χ0) is 7.11. The third-order valence-electron chi connectivity index (χ3n) is 0.943. The highest BCUT2D eigenvalue weighted by Gasteiger charge is 1.91. The van der Waals surface area contributed by atoms with E-state index in [2.05, 4.69) is 6.58 Å². The van der Waals surface area contributed by atoms with Crippen LogP contribution < -0.4 is 0 Å². The summed E-state index contributed by atoms with van der Waals surface area (Å²) in [4.78, 5) is 0. The van der Waals surface area contributed by atoms with Crippen LogP contribution in [0.15, 0.2) is 12.7 Å². The van der Waals surface area contributed by atoms with Gasteiger partial charge in [0.1, 0.15) is 0 Å². The topological polar surface area (TPSA) is 9.23 Å². The fourth-order valence-electron chi connectivity index (χ4n) is 0.504. The van der Waals surface area contributed by atoms with E-state index in [-0.39, 0.29) is 0 Å². The van der Waals surface area contributed by atoms with Crippen molar-refractivity contribution in [2.45, 2.75) is 26.7 Å². The van der Waals surface area contributed by atoms with Crippen molar-refractivity contribution in [3.63, 3.8) is 0 Å². The lowest BCUT2D eigenvalue weighted by Gasteiger charge is -2.03. The fourth-order valence-corrected chi connectivity index (χ4v) is 0.504. The highest BCUT2D eigenvalue weighted by molar-refractivity contribution is 4.66. The molecule has 0 bridgehead atoms. The molecular weight excluding hydrogens is 112 g/mol. The Labute approximate surface area is 57.7 Å². The van der Waals surface area contributed by atoms with E-state index in [0.29, 0.717) is 0 Å². The van der Waals surface area contributed by atoms with Gasteiger partial charge in [0.05, 0.1) is 6.10 Å². The first kappa shape index (κ1) is 8.70. The molecule has 1 radical (unpaired) electrons. The molecule has 0 saturated heterocycles. The van der Waals surface area contributed by atoms with Crippen molar-refractivity contribution >= 4 is 0 Å². The summed E-state index contributed by atoms with van der Waals surface area (Å²) < 4.78 is 5.21. The standard InChI is InChI=1S/C8H15O/c1-4-5-6-7-9-8(2)3/h4H,1,5-7H2,2-3H3. The van der Waals surface area contributed by atoms with Crippen molar-refractivity contribution in [1.29, 1.82) is 0 Å². The molecule has 0 saturated carbocycles. The van der Waals surface area contributed by atoms with Gasteiger partial charge in [-0.15, -0.1) is 6.58 Å². The first-order chi connectivity index (χ1) is 4.27. The van der Waals surface area contributed by atoms with Gasteiger partial charge in [0, 0.05) is 6.61 Å². The Morgan fingerprint density at radius 3 is 2.67 bits per heavy atom. The molecule has 0 fully saturated rings. The minimum atomic E-state index is 0.828. The molecular formula is C8H15O. The van der Waals surface area contributed by atoms with Crippen molar-refractivity contribution in [2.24, 2.45) is 0 Å². The summed E-state index contributed by atoms with van der Waals surface area (Å²) in [5.74, 6) is 0. The fraction of sp³-hybridized carbons (Fsp3) is 0.625. The number of rotatable bonds is 5. The molecule has 0 aliphatic heterocycles. The molecule has 1 nitrogen and oxygen atoms in total. The van der Waals surface area contributed by atoms with E-state index >= 15 is 0 Å². The summed E-state index contributed by atoms with van der Waals surface area (Å²) >= 11 is 0. The van der Waals surface area contributed by atoms with Crippen LogP contribution in [-0.2, 0) is 4.74 Å².